The van der Waals surface area contributed by atoms with Crippen LogP contribution >= 0.6 is 11.6 Å². The molecule has 2 aromatic carbocycles. The molecule has 0 unspecified atom stereocenters. The number of hydrogen-bond acceptors (Lipinski definition) is 4. The number of aryl methyl sites for hydroxylation is 2. The molecule has 0 aliphatic heterocycles. The van der Waals surface area contributed by atoms with Crippen LogP contribution < -0.4 is 10.1 Å². The van der Waals surface area contributed by atoms with Crippen molar-refractivity contribution >= 4 is 33.2 Å². The minimum Gasteiger partial charge on any atom is -0.484 e. The summed E-state index contributed by atoms with van der Waals surface area (Å²) in [6, 6.07) is 10.2. The van der Waals surface area contributed by atoms with Gasteiger partial charge in [0.25, 0.3) is 5.91 Å². The van der Waals surface area contributed by atoms with E-state index in [4.69, 9.17) is 16.3 Å². The predicted octanol–water partition coefficient (Wildman–Crippen LogP) is 3.88. The number of amides is 1. The number of carbonyl (C=O) groups is 1. The lowest BCUT2D eigenvalue weighted by molar-refractivity contribution is -0.118. The molecule has 156 valence electrons. The summed E-state index contributed by atoms with van der Waals surface area (Å²) in [6.45, 7) is 4.07. The first kappa shape index (κ1) is 21.6. The number of rotatable bonds is 8. The van der Waals surface area contributed by atoms with Crippen molar-refractivity contribution in [2.75, 3.05) is 25.0 Å². The van der Waals surface area contributed by atoms with E-state index in [0.29, 0.717) is 18.8 Å². The van der Waals surface area contributed by atoms with Crippen LogP contribution in [0.25, 0.3) is 0 Å². The van der Waals surface area contributed by atoms with Crippen LogP contribution in [0.3, 0.4) is 0 Å². The highest BCUT2D eigenvalue weighted by molar-refractivity contribution is 7.89. The highest BCUT2D eigenvalue weighted by Crippen LogP contribution is 2.28. The SMILES string of the molecule is CCN(CC)S(=O)(=O)c1ccc(Cl)c(NC(=O)COc2ccc3c(c2)CCC3)c1. The zero-order valence-electron chi connectivity index (χ0n) is 16.6. The molecule has 0 bridgehead atoms. The lowest BCUT2D eigenvalue weighted by Gasteiger charge is -2.19. The van der Waals surface area contributed by atoms with Crippen molar-refractivity contribution in [3.8, 4) is 5.75 Å². The van der Waals surface area contributed by atoms with Crippen LogP contribution in [0.4, 0.5) is 5.69 Å². The Morgan fingerprint density at radius 1 is 1.10 bits per heavy atom. The van der Waals surface area contributed by atoms with Gasteiger partial charge in [-0.3, -0.25) is 4.79 Å². The summed E-state index contributed by atoms with van der Waals surface area (Å²) in [4.78, 5) is 12.4. The van der Waals surface area contributed by atoms with Gasteiger partial charge >= 0.3 is 0 Å². The van der Waals surface area contributed by atoms with Crippen molar-refractivity contribution in [2.24, 2.45) is 0 Å². The van der Waals surface area contributed by atoms with Gasteiger partial charge in [-0.2, -0.15) is 4.31 Å². The van der Waals surface area contributed by atoms with Crippen molar-refractivity contribution in [3.63, 3.8) is 0 Å². The number of anilines is 1. The standard InChI is InChI=1S/C21H25ClN2O4S/c1-3-24(4-2)29(26,27)18-10-11-19(22)20(13-18)23-21(25)14-28-17-9-8-15-6-5-7-16(15)12-17/h8-13H,3-7,14H2,1-2H3,(H,23,25). The van der Waals surface area contributed by atoms with Gasteiger partial charge in [0.15, 0.2) is 6.61 Å². The second kappa shape index (κ2) is 9.15. The Kier molecular flexibility index (Phi) is 6.82. The summed E-state index contributed by atoms with van der Waals surface area (Å²) in [5.41, 5.74) is 2.84. The molecular weight excluding hydrogens is 412 g/mol. The fourth-order valence-corrected chi connectivity index (χ4v) is 5.10. The number of ether oxygens (including phenoxy) is 1. The monoisotopic (exact) mass is 436 g/mol. The highest BCUT2D eigenvalue weighted by atomic mass is 35.5. The van der Waals surface area contributed by atoms with Gasteiger partial charge in [-0.15, -0.1) is 0 Å². The third-order valence-electron chi connectivity index (χ3n) is 4.99. The van der Waals surface area contributed by atoms with E-state index < -0.39 is 15.9 Å². The number of fused-ring (bicyclic) bond motifs is 1. The van der Waals surface area contributed by atoms with E-state index in [0.717, 1.165) is 19.3 Å². The average molecular weight is 437 g/mol. The summed E-state index contributed by atoms with van der Waals surface area (Å²) in [5, 5.41) is 2.90. The molecule has 6 nitrogen and oxygen atoms in total. The third-order valence-corrected chi connectivity index (χ3v) is 7.37. The van der Waals surface area contributed by atoms with Crippen LogP contribution in [-0.4, -0.2) is 38.3 Å². The van der Waals surface area contributed by atoms with E-state index in [1.54, 1.807) is 13.8 Å². The first-order valence-corrected chi connectivity index (χ1v) is 11.5. The number of sulfonamides is 1. The summed E-state index contributed by atoms with van der Waals surface area (Å²) >= 11 is 6.15. The molecule has 1 aliphatic rings. The molecule has 1 aliphatic carbocycles. The molecule has 3 rings (SSSR count). The number of benzene rings is 2. The first-order valence-electron chi connectivity index (χ1n) is 9.69. The van der Waals surface area contributed by atoms with Gasteiger partial charge in [0.1, 0.15) is 5.75 Å². The van der Waals surface area contributed by atoms with E-state index in [9.17, 15) is 13.2 Å². The Bertz CT molecular complexity index is 1000. The average Bonchev–Trinajstić information content (AvgIpc) is 3.16. The summed E-state index contributed by atoms with van der Waals surface area (Å²) in [6.07, 6.45) is 3.26. The molecule has 0 fully saturated rings. The maximum absolute atomic E-state index is 12.7. The summed E-state index contributed by atoms with van der Waals surface area (Å²) in [7, 11) is -3.65. The molecule has 1 N–H and O–H groups in total. The van der Waals surface area contributed by atoms with Crippen LogP contribution in [-0.2, 0) is 27.7 Å². The number of nitrogens with one attached hydrogen (secondary N) is 1. The first-order chi connectivity index (χ1) is 13.8. The van der Waals surface area contributed by atoms with Gasteiger partial charge in [0, 0.05) is 13.1 Å². The second-order valence-corrected chi connectivity index (χ2v) is 9.20. The molecular formula is C21H25ClN2O4S. The quantitative estimate of drug-likeness (QED) is 0.681. The number of nitrogens with zero attached hydrogens (tertiary/aromatic N) is 1. The summed E-state index contributed by atoms with van der Waals surface area (Å²) in [5.74, 6) is 0.231. The van der Waals surface area contributed by atoms with Crippen molar-refractivity contribution < 1.29 is 17.9 Å². The van der Waals surface area contributed by atoms with Crippen LogP contribution in [0.1, 0.15) is 31.4 Å². The largest absolute Gasteiger partial charge is 0.484 e. The Morgan fingerprint density at radius 3 is 2.55 bits per heavy atom. The van der Waals surface area contributed by atoms with Gasteiger partial charge in [-0.05, 0) is 60.7 Å². The minimum atomic E-state index is -3.65. The Labute approximate surface area is 176 Å². The van der Waals surface area contributed by atoms with E-state index in [2.05, 4.69) is 5.32 Å². The Hall–Kier alpha value is -2.09. The number of carbonyl (C=O) groups excluding carboxylic acids is 1. The maximum atomic E-state index is 12.7. The fraction of sp³-hybridized carbons (Fsp3) is 0.381. The number of halogens is 1. The second-order valence-electron chi connectivity index (χ2n) is 6.85. The van der Waals surface area contributed by atoms with Crippen LogP contribution in [0.15, 0.2) is 41.3 Å². The molecule has 1 amide bonds. The zero-order valence-corrected chi connectivity index (χ0v) is 18.1. The predicted molar refractivity (Wildman–Crippen MR) is 114 cm³/mol. The van der Waals surface area contributed by atoms with E-state index in [-0.39, 0.29) is 22.2 Å². The van der Waals surface area contributed by atoms with Gasteiger partial charge in [0.05, 0.1) is 15.6 Å². The fourth-order valence-electron chi connectivity index (χ4n) is 3.45. The van der Waals surface area contributed by atoms with E-state index in [1.165, 1.54) is 33.6 Å². The van der Waals surface area contributed by atoms with Crippen molar-refractivity contribution in [1.82, 2.24) is 4.31 Å². The molecule has 0 atom stereocenters. The highest BCUT2D eigenvalue weighted by Gasteiger charge is 2.23. The van der Waals surface area contributed by atoms with Crippen molar-refractivity contribution in [2.45, 2.75) is 38.0 Å². The van der Waals surface area contributed by atoms with E-state index in [1.807, 2.05) is 18.2 Å². The van der Waals surface area contributed by atoms with Gasteiger partial charge < -0.3 is 10.1 Å². The Morgan fingerprint density at radius 2 is 1.83 bits per heavy atom. The normalized spacial score (nSPS) is 13.4. The minimum absolute atomic E-state index is 0.0837. The van der Waals surface area contributed by atoms with Gasteiger partial charge in [-0.1, -0.05) is 31.5 Å². The maximum Gasteiger partial charge on any atom is 0.262 e. The van der Waals surface area contributed by atoms with Gasteiger partial charge in [0.2, 0.25) is 10.0 Å². The molecule has 2 aromatic rings. The van der Waals surface area contributed by atoms with Crippen LogP contribution in [0, 0.1) is 0 Å². The van der Waals surface area contributed by atoms with Crippen LogP contribution in [0.2, 0.25) is 5.02 Å². The Balaban J connectivity index is 1.68. The molecule has 29 heavy (non-hydrogen) atoms. The molecule has 0 radical (unpaired) electrons. The molecule has 0 saturated carbocycles. The molecule has 8 heteroatoms. The molecule has 0 spiro atoms. The van der Waals surface area contributed by atoms with Crippen molar-refractivity contribution in [3.05, 3.63) is 52.5 Å². The summed E-state index contributed by atoms with van der Waals surface area (Å²) < 4.78 is 32.3. The van der Waals surface area contributed by atoms with Crippen LogP contribution in [0.5, 0.6) is 5.75 Å². The number of hydrogen-bond donors (Lipinski definition) is 1. The zero-order chi connectivity index (χ0) is 21.0. The third kappa shape index (κ3) is 4.91. The van der Waals surface area contributed by atoms with Crippen molar-refractivity contribution in [1.29, 1.82) is 0 Å². The molecule has 0 heterocycles. The topological polar surface area (TPSA) is 75.7 Å². The molecule has 0 saturated heterocycles. The smallest absolute Gasteiger partial charge is 0.262 e. The molecule has 0 aromatic heterocycles. The van der Waals surface area contributed by atoms with Gasteiger partial charge in [-0.25, -0.2) is 8.42 Å². The lowest BCUT2D eigenvalue weighted by Crippen LogP contribution is -2.30. The van der Waals surface area contributed by atoms with E-state index >= 15 is 0 Å². The lowest BCUT2D eigenvalue weighted by atomic mass is 10.1.